The van der Waals surface area contributed by atoms with Crippen LogP contribution in [0.15, 0.2) is 0 Å². The van der Waals surface area contributed by atoms with Gasteiger partial charge < -0.3 is 15.9 Å². The molecule has 0 amide bonds. The van der Waals surface area contributed by atoms with Crippen molar-refractivity contribution >= 4 is 9.76 Å². The SMILES string of the molecule is CCC[SiH2]OC.NCCN. The summed E-state index contributed by atoms with van der Waals surface area (Å²) < 4.78 is 4.92. The molecule has 0 rings (SSSR count). The number of hydrogen-bond donors (Lipinski definition) is 2. The van der Waals surface area contributed by atoms with E-state index in [9.17, 15) is 0 Å². The van der Waals surface area contributed by atoms with E-state index in [1.54, 1.807) is 7.11 Å². The molecule has 0 saturated carbocycles. The lowest BCUT2D eigenvalue weighted by Crippen LogP contribution is -2.11. The van der Waals surface area contributed by atoms with Crippen LogP contribution in [0.3, 0.4) is 0 Å². The molecule has 3 nitrogen and oxygen atoms in total. The van der Waals surface area contributed by atoms with Crippen LogP contribution in [0.1, 0.15) is 13.3 Å². The molecular formula is C6H20N2OSi. The fourth-order valence-corrected chi connectivity index (χ4v) is 0.866. The Balaban J connectivity index is 0. The molecule has 0 fully saturated rings. The van der Waals surface area contributed by atoms with Crippen molar-refractivity contribution in [2.75, 3.05) is 20.2 Å². The van der Waals surface area contributed by atoms with Gasteiger partial charge in [0.2, 0.25) is 0 Å². The van der Waals surface area contributed by atoms with E-state index >= 15 is 0 Å². The van der Waals surface area contributed by atoms with Crippen LogP contribution in [-0.2, 0) is 4.43 Å². The van der Waals surface area contributed by atoms with E-state index in [2.05, 4.69) is 6.92 Å². The quantitative estimate of drug-likeness (QED) is 0.433. The number of rotatable bonds is 4. The second-order valence-electron chi connectivity index (χ2n) is 1.92. The van der Waals surface area contributed by atoms with Crippen molar-refractivity contribution < 1.29 is 4.43 Å². The van der Waals surface area contributed by atoms with Crippen LogP contribution < -0.4 is 11.5 Å². The molecule has 4 N–H and O–H groups in total. The van der Waals surface area contributed by atoms with Crippen LogP contribution in [0.25, 0.3) is 0 Å². The van der Waals surface area contributed by atoms with Crippen LogP contribution in [0.4, 0.5) is 0 Å². The van der Waals surface area contributed by atoms with Gasteiger partial charge in [0.15, 0.2) is 9.76 Å². The third kappa shape index (κ3) is 24.3. The Morgan fingerprint density at radius 1 is 1.30 bits per heavy atom. The largest absolute Gasteiger partial charge is 0.427 e. The first-order chi connectivity index (χ1) is 4.83. The molecule has 0 heterocycles. The van der Waals surface area contributed by atoms with E-state index in [4.69, 9.17) is 15.9 Å². The van der Waals surface area contributed by atoms with E-state index in [1.165, 1.54) is 12.5 Å². The fourth-order valence-electron chi connectivity index (χ4n) is 0.289. The van der Waals surface area contributed by atoms with Crippen LogP contribution in [0.5, 0.6) is 0 Å². The normalized spacial score (nSPS) is 9.60. The van der Waals surface area contributed by atoms with Gasteiger partial charge in [-0.25, -0.2) is 0 Å². The van der Waals surface area contributed by atoms with Crippen molar-refractivity contribution in [1.29, 1.82) is 0 Å². The van der Waals surface area contributed by atoms with Crippen molar-refractivity contribution in [2.24, 2.45) is 11.5 Å². The summed E-state index contributed by atoms with van der Waals surface area (Å²) in [5, 5.41) is 0. The number of hydrogen-bond acceptors (Lipinski definition) is 3. The predicted molar refractivity (Wildman–Crippen MR) is 48.8 cm³/mol. The summed E-state index contributed by atoms with van der Waals surface area (Å²) >= 11 is 0. The Bertz CT molecular complexity index is 40.7. The summed E-state index contributed by atoms with van der Waals surface area (Å²) in [6.45, 7) is 3.38. The van der Waals surface area contributed by atoms with Gasteiger partial charge in [-0.1, -0.05) is 13.3 Å². The zero-order chi connectivity index (χ0) is 8.24. The minimum atomic E-state index is -0.0783. The number of nitrogens with two attached hydrogens (primary N) is 2. The molecule has 0 bridgehead atoms. The summed E-state index contributed by atoms with van der Waals surface area (Å²) in [4.78, 5) is 0. The highest BCUT2D eigenvalue weighted by Gasteiger charge is 1.77. The Labute approximate surface area is 66.1 Å². The standard InChI is InChI=1S/C4H12OSi.C2H8N2/c1-3-4-6-5-2;3-1-2-4/h3-4,6H2,1-2H3;1-4H2. The second kappa shape index (κ2) is 16.0. The van der Waals surface area contributed by atoms with Crippen molar-refractivity contribution in [3.63, 3.8) is 0 Å². The first kappa shape index (κ1) is 12.7. The maximum atomic E-state index is 4.92. The van der Waals surface area contributed by atoms with Crippen molar-refractivity contribution in [3.8, 4) is 0 Å². The van der Waals surface area contributed by atoms with E-state index in [-0.39, 0.29) is 9.76 Å². The molecule has 0 radical (unpaired) electrons. The van der Waals surface area contributed by atoms with Gasteiger partial charge in [-0.3, -0.25) is 0 Å². The molecule has 0 aliphatic heterocycles. The zero-order valence-electron chi connectivity index (χ0n) is 7.10. The van der Waals surface area contributed by atoms with Gasteiger partial charge in [0, 0.05) is 20.2 Å². The van der Waals surface area contributed by atoms with E-state index < -0.39 is 0 Å². The van der Waals surface area contributed by atoms with Gasteiger partial charge in [-0.15, -0.1) is 0 Å². The summed E-state index contributed by atoms with van der Waals surface area (Å²) in [6.07, 6.45) is 1.29. The molecule has 0 aromatic heterocycles. The molecule has 0 atom stereocenters. The lowest BCUT2D eigenvalue weighted by atomic mass is 10.6. The first-order valence-electron chi connectivity index (χ1n) is 3.72. The molecule has 0 aliphatic carbocycles. The molecule has 0 saturated heterocycles. The fraction of sp³-hybridized carbons (Fsp3) is 1.00. The van der Waals surface area contributed by atoms with Crippen LogP contribution in [0, 0.1) is 0 Å². The summed E-state index contributed by atoms with van der Waals surface area (Å²) in [5.74, 6) is 0. The highest BCUT2D eigenvalue weighted by atomic mass is 28.2. The van der Waals surface area contributed by atoms with Gasteiger partial charge in [0.05, 0.1) is 0 Å². The Morgan fingerprint density at radius 2 is 1.80 bits per heavy atom. The van der Waals surface area contributed by atoms with Gasteiger partial charge in [-0.05, 0) is 6.04 Å². The molecule has 0 aromatic carbocycles. The third-order valence-corrected chi connectivity index (χ3v) is 2.27. The topological polar surface area (TPSA) is 61.3 Å². The summed E-state index contributed by atoms with van der Waals surface area (Å²) in [5.41, 5.74) is 9.81. The predicted octanol–water partition coefficient (Wildman–Crippen LogP) is -0.551. The van der Waals surface area contributed by atoms with E-state index in [0.29, 0.717) is 13.1 Å². The molecular weight excluding hydrogens is 144 g/mol. The molecule has 0 aliphatic rings. The molecule has 4 heteroatoms. The average Bonchev–Trinajstić information content (AvgIpc) is 2.01. The minimum Gasteiger partial charge on any atom is -0.427 e. The van der Waals surface area contributed by atoms with E-state index in [0.717, 1.165) is 0 Å². The highest BCUT2D eigenvalue weighted by molar-refractivity contribution is 6.26. The summed E-state index contributed by atoms with van der Waals surface area (Å²) in [6, 6.07) is 1.33. The molecule has 0 unspecified atom stereocenters. The summed E-state index contributed by atoms with van der Waals surface area (Å²) in [7, 11) is 1.72. The Hall–Kier alpha value is 0.0969. The molecule has 64 valence electrons. The van der Waals surface area contributed by atoms with Gasteiger partial charge >= 0.3 is 0 Å². The maximum Gasteiger partial charge on any atom is 0.161 e. The molecule has 0 spiro atoms. The highest BCUT2D eigenvalue weighted by Crippen LogP contribution is 1.82. The average molecular weight is 164 g/mol. The van der Waals surface area contributed by atoms with Crippen LogP contribution in [0.2, 0.25) is 6.04 Å². The zero-order valence-corrected chi connectivity index (χ0v) is 8.51. The van der Waals surface area contributed by atoms with Crippen molar-refractivity contribution in [3.05, 3.63) is 0 Å². The first-order valence-corrected chi connectivity index (χ1v) is 5.30. The molecule has 0 aromatic rings. The lowest BCUT2D eigenvalue weighted by Gasteiger charge is -1.88. The van der Waals surface area contributed by atoms with Crippen molar-refractivity contribution in [2.45, 2.75) is 19.4 Å². The Morgan fingerprint density at radius 3 is 1.90 bits per heavy atom. The minimum absolute atomic E-state index is 0.0783. The second-order valence-corrected chi connectivity index (χ2v) is 3.62. The van der Waals surface area contributed by atoms with Gasteiger partial charge in [-0.2, -0.15) is 0 Å². The smallest absolute Gasteiger partial charge is 0.161 e. The van der Waals surface area contributed by atoms with Crippen LogP contribution in [-0.4, -0.2) is 30.0 Å². The van der Waals surface area contributed by atoms with Gasteiger partial charge in [0.25, 0.3) is 0 Å². The van der Waals surface area contributed by atoms with Crippen molar-refractivity contribution in [1.82, 2.24) is 0 Å². The van der Waals surface area contributed by atoms with Crippen LogP contribution >= 0.6 is 0 Å². The molecule has 10 heavy (non-hydrogen) atoms. The Kier molecular flexibility index (Phi) is 20.4. The maximum absolute atomic E-state index is 4.92. The van der Waals surface area contributed by atoms with E-state index in [1.807, 2.05) is 0 Å². The lowest BCUT2D eigenvalue weighted by molar-refractivity contribution is 0.440. The third-order valence-electron chi connectivity index (χ3n) is 0.869. The monoisotopic (exact) mass is 164 g/mol. The van der Waals surface area contributed by atoms with Gasteiger partial charge in [0.1, 0.15) is 0 Å².